The molecule has 28 heavy (non-hydrogen) atoms. The maximum absolute atomic E-state index is 12.3. The number of nitrogens with zero attached hydrogens (tertiary/aromatic N) is 4. The van der Waals surface area contributed by atoms with Crippen LogP contribution in [0.1, 0.15) is 17.7 Å². The predicted octanol–water partition coefficient (Wildman–Crippen LogP) is 2.82. The lowest BCUT2D eigenvalue weighted by Crippen LogP contribution is -2.36. The summed E-state index contributed by atoms with van der Waals surface area (Å²) in [6.45, 7) is 4.82. The molecule has 0 spiro atoms. The van der Waals surface area contributed by atoms with Crippen molar-refractivity contribution in [1.82, 2.24) is 14.8 Å². The van der Waals surface area contributed by atoms with E-state index in [1.54, 1.807) is 0 Å². The zero-order chi connectivity index (χ0) is 19.8. The molecular weight excluding hydrogens is 370 g/mol. The normalized spacial score (nSPS) is 15.6. The molecule has 3 rings (SSSR count). The summed E-state index contributed by atoms with van der Waals surface area (Å²) in [6.07, 6.45) is 2.96. The summed E-state index contributed by atoms with van der Waals surface area (Å²) < 4.78 is 0. The van der Waals surface area contributed by atoms with Crippen LogP contribution in [0, 0.1) is 11.3 Å². The van der Waals surface area contributed by atoms with Gasteiger partial charge in [0, 0.05) is 25.3 Å². The van der Waals surface area contributed by atoms with Crippen molar-refractivity contribution in [3.05, 3.63) is 53.7 Å². The molecule has 0 atom stereocenters. The van der Waals surface area contributed by atoms with Gasteiger partial charge in [-0.15, -0.1) is 11.8 Å². The number of amides is 1. The van der Waals surface area contributed by atoms with Crippen LogP contribution in [-0.2, 0) is 11.3 Å². The topological polar surface area (TPSA) is 72.3 Å². The average molecular weight is 396 g/mol. The summed E-state index contributed by atoms with van der Waals surface area (Å²) in [4.78, 5) is 21.5. The lowest BCUT2D eigenvalue weighted by atomic mass is 10.2. The number of thioether (sulfide) groups is 1. The number of anilines is 1. The number of para-hydroxylation sites is 1. The van der Waals surface area contributed by atoms with E-state index in [4.69, 9.17) is 5.26 Å². The molecule has 1 amide bonds. The first-order valence-corrected chi connectivity index (χ1v) is 10.6. The van der Waals surface area contributed by atoms with Crippen LogP contribution in [-0.4, -0.2) is 59.7 Å². The minimum Gasteiger partial charge on any atom is -0.325 e. The Bertz CT molecular complexity index is 836. The highest BCUT2D eigenvalue weighted by atomic mass is 32.2. The minimum absolute atomic E-state index is 0.0259. The highest BCUT2D eigenvalue weighted by molar-refractivity contribution is 7.98. The fraction of sp³-hybridized carbons (Fsp3) is 0.381. The molecule has 0 aliphatic carbocycles. The number of aromatic nitrogens is 1. The Hall–Kier alpha value is -2.40. The standard InChI is InChI=1S/C21H25N5OS/c1-28-21-17(14-22)8-9-19(24-21)15-25-10-5-11-26(13-12-25)16-20(27)23-18-6-3-2-4-7-18/h2-4,6-9H,5,10-13,15-16H2,1H3,(H,23,27). The lowest BCUT2D eigenvalue weighted by Gasteiger charge is -2.21. The molecule has 1 aliphatic heterocycles. The SMILES string of the molecule is CSc1nc(CN2CCCN(CC(=O)Nc3ccccc3)CC2)ccc1C#N. The molecule has 0 bridgehead atoms. The minimum atomic E-state index is 0.0259. The Kier molecular flexibility index (Phi) is 7.43. The third-order valence-electron chi connectivity index (χ3n) is 4.72. The van der Waals surface area contributed by atoms with E-state index in [1.165, 1.54) is 11.8 Å². The first kappa shape index (κ1) is 20.3. The second kappa shape index (κ2) is 10.2. The van der Waals surface area contributed by atoms with Gasteiger partial charge in [-0.3, -0.25) is 14.6 Å². The van der Waals surface area contributed by atoms with Gasteiger partial charge in [0.2, 0.25) is 5.91 Å². The Balaban J connectivity index is 1.51. The van der Waals surface area contributed by atoms with Crippen LogP contribution in [0.3, 0.4) is 0 Å². The number of pyridine rings is 1. The number of nitrogens with one attached hydrogen (secondary N) is 1. The van der Waals surface area contributed by atoms with Crippen LogP contribution in [0.15, 0.2) is 47.5 Å². The maximum atomic E-state index is 12.3. The molecule has 0 saturated carbocycles. The van der Waals surface area contributed by atoms with E-state index in [1.807, 2.05) is 48.7 Å². The fourth-order valence-electron chi connectivity index (χ4n) is 3.30. The van der Waals surface area contributed by atoms with Crippen molar-refractivity contribution >= 4 is 23.4 Å². The summed E-state index contributed by atoms with van der Waals surface area (Å²) in [5.41, 5.74) is 2.45. The molecule has 1 aliphatic rings. The zero-order valence-corrected chi connectivity index (χ0v) is 16.9. The van der Waals surface area contributed by atoms with E-state index < -0.39 is 0 Å². The molecule has 1 fully saturated rings. The van der Waals surface area contributed by atoms with Crippen LogP contribution in [0.4, 0.5) is 5.69 Å². The molecule has 2 aromatic rings. The third kappa shape index (κ3) is 5.80. The molecular formula is C21H25N5OS. The van der Waals surface area contributed by atoms with Crippen LogP contribution < -0.4 is 5.32 Å². The molecule has 146 valence electrons. The van der Waals surface area contributed by atoms with Crippen molar-refractivity contribution in [2.75, 3.05) is 44.3 Å². The van der Waals surface area contributed by atoms with Gasteiger partial charge >= 0.3 is 0 Å². The summed E-state index contributed by atoms with van der Waals surface area (Å²) in [7, 11) is 0. The third-order valence-corrected chi connectivity index (χ3v) is 5.42. The molecule has 2 heterocycles. The Morgan fingerprint density at radius 3 is 2.64 bits per heavy atom. The first-order chi connectivity index (χ1) is 13.7. The summed E-state index contributed by atoms with van der Waals surface area (Å²) >= 11 is 1.50. The molecule has 1 saturated heterocycles. The first-order valence-electron chi connectivity index (χ1n) is 9.41. The van der Waals surface area contributed by atoms with Gasteiger partial charge in [0.05, 0.1) is 17.8 Å². The maximum Gasteiger partial charge on any atom is 0.238 e. The fourth-order valence-corrected chi connectivity index (χ4v) is 3.84. The number of hydrogen-bond donors (Lipinski definition) is 1. The van der Waals surface area contributed by atoms with E-state index in [9.17, 15) is 4.79 Å². The van der Waals surface area contributed by atoms with Crippen molar-refractivity contribution in [2.24, 2.45) is 0 Å². The molecule has 0 radical (unpaired) electrons. The highest BCUT2D eigenvalue weighted by Crippen LogP contribution is 2.18. The summed E-state index contributed by atoms with van der Waals surface area (Å²) in [6, 6.07) is 15.5. The van der Waals surface area contributed by atoms with Crippen molar-refractivity contribution in [1.29, 1.82) is 5.26 Å². The van der Waals surface area contributed by atoms with Gasteiger partial charge in [0.1, 0.15) is 11.1 Å². The van der Waals surface area contributed by atoms with Gasteiger partial charge in [-0.2, -0.15) is 5.26 Å². The number of rotatable bonds is 6. The smallest absolute Gasteiger partial charge is 0.238 e. The zero-order valence-electron chi connectivity index (χ0n) is 16.1. The molecule has 1 N–H and O–H groups in total. The van der Waals surface area contributed by atoms with Gasteiger partial charge < -0.3 is 5.32 Å². The predicted molar refractivity (Wildman–Crippen MR) is 112 cm³/mol. The lowest BCUT2D eigenvalue weighted by molar-refractivity contribution is -0.117. The van der Waals surface area contributed by atoms with Crippen LogP contribution in [0.2, 0.25) is 0 Å². The number of carbonyl (C=O) groups excluding carboxylic acids is 1. The molecule has 1 aromatic heterocycles. The van der Waals surface area contributed by atoms with Crippen molar-refractivity contribution in [3.8, 4) is 6.07 Å². The van der Waals surface area contributed by atoms with Crippen molar-refractivity contribution in [2.45, 2.75) is 18.0 Å². The highest BCUT2D eigenvalue weighted by Gasteiger charge is 2.18. The largest absolute Gasteiger partial charge is 0.325 e. The molecule has 1 aromatic carbocycles. The van der Waals surface area contributed by atoms with E-state index >= 15 is 0 Å². The van der Waals surface area contributed by atoms with Crippen LogP contribution in [0.5, 0.6) is 0 Å². The number of benzene rings is 1. The molecule has 7 heteroatoms. The van der Waals surface area contributed by atoms with E-state index in [-0.39, 0.29) is 5.91 Å². The average Bonchev–Trinajstić information content (AvgIpc) is 2.93. The van der Waals surface area contributed by atoms with Crippen LogP contribution in [0.25, 0.3) is 0 Å². The van der Waals surface area contributed by atoms with Gasteiger partial charge in [0.25, 0.3) is 0 Å². The second-order valence-corrected chi connectivity index (χ2v) is 7.59. The van der Waals surface area contributed by atoms with Gasteiger partial charge in [-0.1, -0.05) is 18.2 Å². The molecule has 0 unspecified atom stereocenters. The van der Waals surface area contributed by atoms with Crippen molar-refractivity contribution in [3.63, 3.8) is 0 Å². The summed E-state index contributed by atoms with van der Waals surface area (Å²) in [5.74, 6) is 0.0259. The number of carbonyl (C=O) groups is 1. The quantitative estimate of drug-likeness (QED) is 0.759. The Labute approximate surface area is 170 Å². The van der Waals surface area contributed by atoms with E-state index in [2.05, 4.69) is 26.2 Å². The number of nitriles is 1. The van der Waals surface area contributed by atoms with E-state index in [0.29, 0.717) is 12.1 Å². The second-order valence-electron chi connectivity index (χ2n) is 6.79. The van der Waals surface area contributed by atoms with Crippen molar-refractivity contribution < 1.29 is 4.79 Å². The Morgan fingerprint density at radius 2 is 1.89 bits per heavy atom. The van der Waals surface area contributed by atoms with Gasteiger partial charge in [-0.25, -0.2) is 4.98 Å². The van der Waals surface area contributed by atoms with Gasteiger partial charge in [0.15, 0.2) is 0 Å². The number of hydrogen-bond acceptors (Lipinski definition) is 6. The summed E-state index contributed by atoms with van der Waals surface area (Å²) in [5, 5.41) is 12.9. The van der Waals surface area contributed by atoms with Gasteiger partial charge in [-0.05, 0) is 50.0 Å². The Morgan fingerprint density at radius 1 is 1.14 bits per heavy atom. The molecule has 6 nitrogen and oxygen atoms in total. The van der Waals surface area contributed by atoms with E-state index in [0.717, 1.165) is 55.6 Å². The van der Waals surface area contributed by atoms with Crippen LogP contribution >= 0.6 is 11.8 Å². The monoisotopic (exact) mass is 395 g/mol.